The van der Waals surface area contributed by atoms with Crippen molar-refractivity contribution in [1.82, 2.24) is 4.90 Å². The lowest BCUT2D eigenvalue weighted by Crippen LogP contribution is -2.36. The number of hydrogen-bond donors (Lipinski definition) is 0. The summed E-state index contributed by atoms with van der Waals surface area (Å²) in [5.41, 5.74) is 0. The van der Waals surface area contributed by atoms with Gasteiger partial charge in [0.05, 0.1) is 0 Å². The van der Waals surface area contributed by atoms with E-state index in [1.165, 1.54) is 90.1 Å². The molecule has 0 N–H and O–H groups in total. The summed E-state index contributed by atoms with van der Waals surface area (Å²) in [7, 11) is 0. The van der Waals surface area contributed by atoms with Crippen LogP contribution in [0.2, 0.25) is 0 Å². The van der Waals surface area contributed by atoms with Crippen molar-refractivity contribution in [3.05, 3.63) is 0 Å². The molecule has 0 amide bonds. The van der Waals surface area contributed by atoms with Crippen LogP contribution in [0.15, 0.2) is 0 Å². The summed E-state index contributed by atoms with van der Waals surface area (Å²) in [6, 6.07) is 0.537. The van der Waals surface area contributed by atoms with Gasteiger partial charge in [-0.2, -0.15) is 0 Å². The highest BCUT2D eigenvalue weighted by molar-refractivity contribution is 5.76. The van der Waals surface area contributed by atoms with Crippen LogP contribution in [0, 0.1) is 0 Å². The molecule has 0 aromatic rings. The summed E-state index contributed by atoms with van der Waals surface area (Å²) in [5.74, 6) is 0.364. The molecule has 1 atom stereocenters. The van der Waals surface area contributed by atoms with Crippen LogP contribution < -0.4 is 0 Å². The molecule has 0 spiro atoms. The molecule has 21 heavy (non-hydrogen) atoms. The van der Waals surface area contributed by atoms with Crippen LogP contribution in [0.5, 0.6) is 0 Å². The van der Waals surface area contributed by atoms with E-state index < -0.39 is 0 Å². The molecule has 1 aliphatic rings. The quantitative estimate of drug-likeness (QED) is 0.479. The maximum Gasteiger partial charge on any atom is 0.131 e. The number of hydrogen-bond acceptors (Lipinski definition) is 2. The lowest BCUT2D eigenvalue weighted by molar-refractivity contribution is -0.118. The Balaban J connectivity index is 2.13. The van der Waals surface area contributed by atoms with E-state index in [4.69, 9.17) is 0 Å². The van der Waals surface area contributed by atoms with Crippen molar-refractivity contribution < 1.29 is 4.79 Å². The largest absolute Gasteiger partial charge is 0.300 e. The lowest BCUT2D eigenvalue weighted by Gasteiger charge is -2.29. The topological polar surface area (TPSA) is 20.3 Å². The predicted molar refractivity (Wildman–Crippen MR) is 91.7 cm³/mol. The normalized spacial score (nSPS) is 20.4. The second-order valence-electron chi connectivity index (χ2n) is 6.92. The first-order chi connectivity index (χ1) is 10.2. The molecule has 1 rings (SSSR count). The Morgan fingerprint density at radius 3 is 2.29 bits per heavy atom. The van der Waals surface area contributed by atoms with Crippen LogP contribution in [-0.4, -0.2) is 29.8 Å². The molecule has 0 saturated carbocycles. The van der Waals surface area contributed by atoms with Crippen molar-refractivity contribution in [2.24, 2.45) is 0 Å². The van der Waals surface area contributed by atoms with Gasteiger partial charge in [0, 0.05) is 12.5 Å². The molecule has 1 heterocycles. The highest BCUT2D eigenvalue weighted by Crippen LogP contribution is 2.20. The fourth-order valence-electron chi connectivity index (χ4n) is 3.54. The van der Waals surface area contributed by atoms with E-state index in [9.17, 15) is 4.79 Å². The molecule has 2 nitrogen and oxygen atoms in total. The number of likely N-dealkylation sites (tertiary alicyclic amines) is 1. The first kappa shape index (κ1) is 18.7. The molecule has 0 radical (unpaired) electrons. The summed E-state index contributed by atoms with van der Waals surface area (Å²) in [6.07, 6.45) is 17.1. The Kier molecular flexibility index (Phi) is 10.9. The maximum absolute atomic E-state index is 11.4. The molecule has 0 aromatic heterocycles. The zero-order valence-corrected chi connectivity index (χ0v) is 14.5. The van der Waals surface area contributed by atoms with Crippen LogP contribution in [-0.2, 0) is 4.79 Å². The Bertz CT molecular complexity index is 264. The van der Waals surface area contributed by atoms with E-state index in [0.29, 0.717) is 11.8 Å². The number of rotatable bonds is 11. The van der Waals surface area contributed by atoms with Crippen LogP contribution in [0.3, 0.4) is 0 Å². The molecule has 2 heteroatoms. The zero-order valence-electron chi connectivity index (χ0n) is 14.5. The van der Waals surface area contributed by atoms with Crippen LogP contribution >= 0.6 is 0 Å². The number of carbonyl (C=O) groups is 1. The fourth-order valence-corrected chi connectivity index (χ4v) is 3.54. The SMILES string of the molecule is CCCCCCCCCCN1CCCCCC1CC(C)=O. The lowest BCUT2D eigenvalue weighted by atomic mass is 10.0. The van der Waals surface area contributed by atoms with Crippen molar-refractivity contribution in [2.75, 3.05) is 13.1 Å². The van der Waals surface area contributed by atoms with Gasteiger partial charge >= 0.3 is 0 Å². The van der Waals surface area contributed by atoms with E-state index in [1.807, 2.05) is 0 Å². The fraction of sp³-hybridized carbons (Fsp3) is 0.947. The highest BCUT2D eigenvalue weighted by Gasteiger charge is 2.21. The van der Waals surface area contributed by atoms with E-state index in [2.05, 4.69) is 11.8 Å². The van der Waals surface area contributed by atoms with Crippen molar-refractivity contribution >= 4 is 5.78 Å². The molecular formula is C19H37NO. The van der Waals surface area contributed by atoms with Gasteiger partial charge in [0.25, 0.3) is 0 Å². The Hall–Kier alpha value is -0.370. The average molecular weight is 296 g/mol. The van der Waals surface area contributed by atoms with E-state index in [0.717, 1.165) is 6.42 Å². The molecular weight excluding hydrogens is 258 g/mol. The molecule has 124 valence electrons. The Morgan fingerprint density at radius 1 is 0.952 bits per heavy atom. The number of unbranched alkanes of at least 4 members (excludes halogenated alkanes) is 7. The van der Waals surface area contributed by atoms with Gasteiger partial charge in [-0.3, -0.25) is 9.69 Å². The number of nitrogens with zero attached hydrogens (tertiary/aromatic N) is 1. The minimum atomic E-state index is 0.364. The third-order valence-electron chi connectivity index (χ3n) is 4.82. The van der Waals surface area contributed by atoms with Gasteiger partial charge < -0.3 is 0 Å². The zero-order chi connectivity index (χ0) is 15.3. The van der Waals surface area contributed by atoms with Gasteiger partial charge in [-0.15, -0.1) is 0 Å². The van der Waals surface area contributed by atoms with Gasteiger partial charge in [0.15, 0.2) is 0 Å². The molecule has 0 aliphatic carbocycles. The third kappa shape index (κ3) is 9.29. The number of ketones is 1. The van der Waals surface area contributed by atoms with Crippen molar-refractivity contribution in [3.8, 4) is 0 Å². The van der Waals surface area contributed by atoms with E-state index in [1.54, 1.807) is 6.92 Å². The van der Waals surface area contributed by atoms with Gasteiger partial charge in [-0.05, 0) is 39.3 Å². The Labute approximate surface area is 132 Å². The smallest absolute Gasteiger partial charge is 0.131 e. The highest BCUT2D eigenvalue weighted by atomic mass is 16.1. The Morgan fingerprint density at radius 2 is 1.62 bits per heavy atom. The molecule has 0 aromatic carbocycles. The van der Waals surface area contributed by atoms with Crippen molar-refractivity contribution in [1.29, 1.82) is 0 Å². The summed E-state index contributed by atoms with van der Waals surface area (Å²) in [5, 5.41) is 0. The minimum Gasteiger partial charge on any atom is -0.300 e. The second kappa shape index (κ2) is 12.2. The maximum atomic E-state index is 11.4. The van der Waals surface area contributed by atoms with Crippen molar-refractivity contribution in [2.45, 2.75) is 103 Å². The number of Topliss-reactive ketones (excluding diaryl/α,β-unsaturated/α-hetero) is 1. The summed E-state index contributed by atoms with van der Waals surface area (Å²) < 4.78 is 0. The monoisotopic (exact) mass is 295 g/mol. The van der Waals surface area contributed by atoms with Crippen LogP contribution in [0.25, 0.3) is 0 Å². The van der Waals surface area contributed by atoms with Crippen molar-refractivity contribution in [3.63, 3.8) is 0 Å². The first-order valence-corrected chi connectivity index (χ1v) is 9.47. The summed E-state index contributed by atoms with van der Waals surface area (Å²) in [4.78, 5) is 14.1. The van der Waals surface area contributed by atoms with E-state index in [-0.39, 0.29) is 0 Å². The first-order valence-electron chi connectivity index (χ1n) is 9.47. The number of carbonyl (C=O) groups excluding carboxylic acids is 1. The molecule has 1 aliphatic heterocycles. The van der Waals surface area contributed by atoms with Crippen LogP contribution in [0.1, 0.15) is 97.3 Å². The molecule has 1 unspecified atom stereocenters. The second-order valence-corrected chi connectivity index (χ2v) is 6.92. The molecule has 1 saturated heterocycles. The van der Waals surface area contributed by atoms with Gasteiger partial charge in [0.2, 0.25) is 0 Å². The average Bonchev–Trinajstić information content (AvgIpc) is 2.67. The summed E-state index contributed by atoms with van der Waals surface area (Å²) >= 11 is 0. The predicted octanol–water partition coefficient (Wildman–Crippen LogP) is 5.35. The van der Waals surface area contributed by atoms with Gasteiger partial charge in [0.1, 0.15) is 5.78 Å². The van der Waals surface area contributed by atoms with E-state index >= 15 is 0 Å². The van der Waals surface area contributed by atoms with Crippen LogP contribution in [0.4, 0.5) is 0 Å². The minimum absolute atomic E-state index is 0.364. The third-order valence-corrected chi connectivity index (χ3v) is 4.82. The standard InChI is InChI=1S/C19H37NO/c1-3-4-5-6-7-8-9-12-15-20-16-13-10-11-14-19(20)17-18(2)21/h19H,3-17H2,1-2H3. The molecule has 0 bridgehead atoms. The summed E-state index contributed by atoms with van der Waals surface area (Å²) in [6.45, 7) is 6.46. The molecule has 1 fully saturated rings. The van der Waals surface area contributed by atoms with Gasteiger partial charge in [-0.25, -0.2) is 0 Å². The van der Waals surface area contributed by atoms with Gasteiger partial charge in [-0.1, -0.05) is 64.7 Å².